The third kappa shape index (κ3) is 3.40. The number of carbonyl (C=O) groups is 1. The van der Waals surface area contributed by atoms with Crippen LogP contribution in [0.2, 0.25) is 0 Å². The maximum Gasteiger partial charge on any atom is 0.256 e. The molecule has 2 saturated carbocycles. The van der Waals surface area contributed by atoms with Gasteiger partial charge in [-0.05, 0) is 66.3 Å². The summed E-state index contributed by atoms with van der Waals surface area (Å²) in [5.41, 5.74) is 0.661. The van der Waals surface area contributed by atoms with Crippen molar-refractivity contribution in [3.8, 4) is 12.1 Å². The average Bonchev–Trinajstić information content (AvgIpc) is 3.43. The molecule has 2 bridgehead atoms. The van der Waals surface area contributed by atoms with Gasteiger partial charge in [0.1, 0.15) is 11.9 Å². The summed E-state index contributed by atoms with van der Waals surface area (Å²) < 4.78 is 15.0. The molecular formula is C25H21FN4O2. The monoisotopic (exact) mass is 428 g/mol. The fraction of sp³-hybridized carbons (Fsp3) is 0.360. The van der Waals surface area contributed by atoms with E-state index < -0.39 is 17.4 Å². The molecule has 0 radical (unpaired) electrons. The number of carbonyl (C=O) groups excluding carboxylic acids is 1. The minimum atomic E-state index is -0.869. The van der Waals surface area contributed by atoms with Crippen LogP contribution >= 0.6 is 0 Å². The van der Waals surface area contributed by atoms with Crippen molar-refractivity contribution in [2.75, 3.05) is 0 Å². The number of nitrogens with zero attached hydrogens (tertiary/aromatic N) is 2. The van der Waals surface area contributed by atoms with Crippen LogP contribution in [-0.2, 0) is 11.2 Å². The van der Waals surface area contributed by atoms with E-state index in [1.165, 1.54) is 18.6 Å². The Balaban J connectivity index is 1.44. The minimum Gasteiger partial charge on any atom is -0.340 e. The van der Waals surface area contributed by atoms with Gasteiger partial charge >= 0.3 is 0 Å². The summed E-state index contributed by atoms with van der Waals surface area (Å²) in [6.45, 7) is 0. The van der Waals surface area contributed by atoms with Gasteiger partial charge in [-0.25, -0.2) is 4.39 Å². The first-order chi connectivity index (χ1) is 15.5. The number of nitriles is 2. The molecule has 1 amide bonds. The molecule has 2 fully saturated rings. The van der Waals surface area contributed by atoms with E-state index in [9.17, 15) is 19.2 Å². The number of aromatic nitrogens is 1. The van der Waals surface area contributed by atoms with E-state index >= 15 is 0 Å². The lowest BCUT2D eigenvalue weighted by atomic mass is 9.88. The molecule has 2 aliphatic carbocycles. The molecule has 4 atom stereocenters. The Kier molecular flexibility index (Phi) is 4.90. The van der Waals surface area contributed by atoms with E-state index in [-0.39, 0.29) is 23.8 Å². The predicted molar refractivity (Wildman–Crippen MR) is 117 cm³/mol. The van der Waals surface area contributed by atoms with Crippen LogP contribution in [0.4, 0.5) is 4.39 Å². The largest absolute Gasteiger partial charge is 0.340 e. The first kappa shape index (κ1) is 20.2. The molecule has 1 aromatic heterocycles. The van der Waals surface area contributed by atoms with Crippen molar-refractivity contribution in [2.24, 2.45) is 17.8 Å². The second kappa shape index (κ2) is 7.76. The third-order valence-corrected chi connectivity index (χ3v) is 7.09. The highest BCUT2D eigenvalue weighted by molar-refractivity contribution is 6.05. The molecule has 5 rings (SSSR count). The quantitative estimate of drug-likeness (QED) is 0.618. The molecule has 3 aromatic rings. The summed E-state index contributed by atoms with van der Waals surface area (Å²) in [5, 5.41) is 22.8. The number of benzene rings is 2. The zero-order valence-corrected chi connectivity index (χ0v) is 17.3. The molecule has 0 spiro atoms. The van der Waals surface area contributed by atoms with Crippen molar-refractivity contribution in [2.45, 2.75) is 38.1 Å². The Morgan fingerprint density at radius 2 is 2.00 bits per heavy atom. The van der Waals surface area contributed by atoms with Gasteiger partial charge < -0.3 is 10.3 Å². The van der Waals surface area contributed by atoms with Crippen LogP contribution < -0.4 is 10.9 Å². The summed E-state index contributed by atoms with van der Waals surface area (Å²) in [6, 6.07) is 10.8. The molecule has 2 N–H and O–H groups in total. The summed E-state index contributed by atoms with van der Waals surface area (Å²) in [6.07, 6.45) is 4.18. The zero-order chi connectivity index (χ0) is 22.4. The molecule has 32 heavy (non-hydrogen) atoms. The Hall–Kier alpha value is -3.71. The summed E-state index contributed by atoms with van der Waals surface area (Å²) >= 11 is 0. The first-order valence-electron chi connectivity index (χ1n) is 10.8. The average molecular weight is 428 g/mol. The molecule has 0 saturated heterocycles. The molecule has 160 valence electrons. The van der Waals surface area contributed by atoms with Crippen LogP contribution in [0.3, 0.4) is 0 Å². The van der Waals surface area contributed by atoms with Gasteiger partial charge in [-0.1, -0.05) is 12.5 Å². The molecular weight excluding hydrogens is 407 g/mol. The number of nitrogens with one attached hydrogen (secondary N) is 2. The van der Waals surface area contributed by atoms with Crippen LogP contribution in [0.5, 0.6) is 0 Å². The number of halogens is 1. The number of amides is 1. The van der Waals surface area contributed by atoms with Gasteiger partial charge in [-0.3, -0.25) is 9.59 Å². The summed E-state index contributed by atoms with van der Waals surface area (Å²) in [7, 11) is 0. The van der Waals surface area contributed by atoms with E-state index in [0.717, 1.165) is 19.3 Å². The highest BCUT2D eigenvalue weighted by Gasteiger charge is 2.43. The number of H-pyrrole nitrogens is 1. The number of pyridine rings is 1. The highest BCUT2D eigenvalue weighted by Crippen LogP contribution is 2.48. The van der Waals surface area contributed by atoms with Crippen molar-refractivity contribution >= 4 is 27.6 Å². The lowest BCUT2D eigenvalue weighted by Gasteiger charge is -2.22. The third-order valence-electron chi connectivity index (χ3n) is 7.09. The number of fused-ring (bicyclic) bond motifs is 5. The van der Waals surface area contributed by atoms with Crippen LogP contribution in [0.1, 0.15) is 36.8 Å². The van der Waals surface area contributed by atoms with Crippen molar-refractivity contribution in [3.05, 3.63) is 57.6 Å². The van der Waals surface area contributed by atoms with E-state index in [0.29, 0.717) is 39.1 Å². The zero-order valence-electron chi connectivity index (χ0n) is 17.3. The van der Waals surface area contributed by atoms with Gasteiger partial charge in [-0.2, -0.15) is 10.5 Å². The summed E-state index contributed by atoms with van der Waals surface area (Å²) in [5.74, 6) is 0.286. The van der Waals surface area contributed by atoms with Crippen molar-refractivity contribution < 1.29 is 9.18 Å². The summed E-state index contributed by atoms with van der Waals surface area (Å²) in [4.78, 5) is 28.1. The normalized spacial score (nSPS) is 22.5. The lowest BCUT2D eigenvalue weighted by Crippen LogP contribution is -2.41. The van der Waals surface area contributed by atoms with E-state index in [2.05, 4.69) is 16.4 Å². The van der Waals surface area contributed by atoms with Gasteiger partial charge in [0.15, 0.2) is 0 Å². The molecule has 2 aromatic carbocycles. The van der Waals surface area contributed by atoms with Crippen LogP contribution in [0.15, 0.2) is 35.1 Å². The predicted octanol–water partition coefficient (Wildman–Crippen LogP) is 3.68. The van der Waals surface area contributed by atoms with Crippen molar-refractivity contribution in [1.82, 2.24) is 10.3 Å². The molecule has 6 nitrogen and oxygen atoms in total. The van der Waals surface area contributed by atoms with E-state index in [4.69, 9.17) is 5.26 Å². The fourth-order valence-electron chi connectivity index (χ4n) is 5.52. The number of rotatable bonds is 4. The maximum atomic E-state index is 15.0. The van der Waals surface area contributed by atoms with Crippen molar-refractivity contribution in [3.63, 3.8) is 0 Å². The second-order valence-corrected chi connectivity index (χ2v) is 8.99. The smallest absolute Gasteiger partial charge is 0.256 e. The van der Waals surface area contributed by atoms with Gasteiger partial charge in [0.25, 0.3) is 5.56 Å². The Bertz CT molecular complexity index is 1400. The van der Waals surface area contributed by atoms with E-state index in [1.807, 2.05) is 6.07 Å². The van der Waals surface area contributed by atoms with Gasteiger partial charge in [0, 0.05) is 23.1 Å². The van der Waals surface area contributed by atoms with Gasteiger partial charge in [-0.15, -0.1) is 0 Å². The van der Waals surface area contributed by atoms with E-state index in [1.54, 1.807) is 18.2 Å². The number of hydrogen-bond donors (Lipinski definition) is 2. The topological polar surface area (TPSA) is 110 Å². The van der Waals surface area contributed by atoms with Crippen LogP contribution in [0.25, 0.3) is 21.7 Å². The molecule has 1 heterocycles. The van der Waals surface area contributed by atoms with Gasteiger partial charge in [0.05, 0.1) is 23.2 Å². The highest BCUT2D eigenvalue weighted by atomic mass is 19.1. The maximum absolute atomic E-state index is 15.0. The lowest BCUT2D eigenvalue weighted by molar-refractivity contribution is -0.126. The second-order valence-electron chi connectivity index (χ2n) is 8.99. The van der Waals surface area contributed by atoms with Gasteiger partial charge in [0.2, 0.25) is 5.91 Å². The SMILES string of the molecule is N#Cc1ccc2c(c1)[nH]c(=O)c1cc(CC(C#N)NC(=O)[C@H]3C[C@@H]4CC[C@H]3C4)c(F)cc12. The standard InChI is InChI=1S/C25H21FN4O2/c26-22-10-20-18-4-2-14(11-27)7-23(18)30-25(32)21(20)9-16(22)8-17(12-28)29-24(31)19-6-13-1-3-15(19)5-13/h2,4,7,9-10,13,15,17,19H,1,3,5-6,8H2,(H,29,31)(H,30,32)/t13-,15+,17?,19+/m1/s1. The Labute approximate surface area is 183 Å². The fourth-order valence-corrected chi connectivity index (χ4v) is 5.52. The Morgan fingerprint density at radius 1 is 1.16 bits per heavy atom. The number of aromatic amines is 1. The molecule has 0 aliphatic heterocycles. The van der Waals surface area contributed by atoms with Crippen molar-refractivity contribution in [1.29, 1.82) is 10.5 Å². The van der Waals surface area contributed by atoms with Crippen LogP contribution in [0, 0.1) is 46.2 Å². The molecule has 2 aliphatic rings. The molecule has 7 heteroatoms. The minimum absolute atomic E-state index is 0.0182. The number of hydrogen-bond acceptors (Lipinski definition) is 4. The van der Waals surface area contributed by atoms with Crippen LogP contribution in [-0.4, -0.2) is 16.9 Å². The Morgan fingerprint density at radius 3 is 2.69 bits per heavy atom. The molecule has 1 unspecified atom stereocenters. The first-order valence-corrected chi connectivity index (χ1v) is 10.8.